The Morgan fingerprint density at radius 3 is 2.85 bits per heavy atom. The summed E-state index contributed by atoms with van der Waals surface area (Å²) in [5.74, 6) is -3.92. The van der Waals surface area contributed by atoms with Crippen LogP contribution in [0.2, 0.25) is 0 Å². The second kappa shape index (κ2) is 11.7. The molecule has 2 aromatic heterocycles. The van der Waals surface area contributed by atoms with Crippen molar-refractivity contribution >= 4 is 28.7 Å². The summed E-state index contributed by atoms with van der Waals surface area (Å²) < 4.78 is 12.1. The number of H-pyrrole nitrogens is 2. The molecule has 1 amide bonds. The molecule has 1 aromatic carbocycles. The minimum absolute atomic E-state index is 0.0347. The number of ether oxygens (including phenoxy) is 2. The quantitative estimate of drug-likeness (QED) is 0.0984. The Morgan fingerprint density at radius 1 is 1.33 bits per heavy atom. The van der Waals surface area contributed by atoms with Crippen molar-refractivity contribution in [3.05, 3.63) is 79.1 Å². The van der Waals surface area contributed by atoms with Gasteiger partial charge in [0.25, 0.3) is 5.56 Å². The van der Waals surface area contributed by atoms with Gasteiger partial charge in [0.2, 0.25) is 0 Å². The monoisotopic (exact) mass is 539 g/mol. The van der Waals surface area contributed by atoms with Gasteiger partial charge in [0.15, 0.2) is 0 Å². The number of para-hydroxylation sites is 1. The van der Waals surface area contributed by atoms with Gasteiger partial charge in [-0.15, -0.1) is 0 Å². The summed E-state index contributed by atoms with van der Waals surface area (Å²) in [6.45, 7) is 1.12. The van der Waals surface area contributed by atoms with Gasteiger partial charge in [0.05, 0.1) is 18.7 Å². The van der Waals surface area contributed by atoms with E-state index in [1.807, 2.05) is 12.1 Å². The molecule has 3 heterocycles. The second-order valence-corrected chi connectivity index (χ2v) is 9.05. The highest BCUT2D eigenvalue weighted by atomic mass is 16.6. The summed E-state index contributed by atoms with van der Waals surface area (Å²) in [6, 6.07) is 5.09. The SMILES string of the molecule is Cc1cn(C[C@H]2CC(N=[N+]=[N-])[C@@H](COC(=O)C(=O)N[C@@H](Cc3c[nH]c4ccccc34)C(=O)O)O2)c(=O)[nH]c1=O. The highest BCUT2D eigenvalue weighted by Crippen LogP contribution is 2.25. The zero-order valence-electron chi connectivity index (χ0n) is 20.7. The van der Waals surface area contributed by atoms with Crippen LogP contribution in [0, 0.1) is 6.92 Å². The molecule has 0 spiro atoms. The van der Waals surface area contributed by atoms with Gasteiger partial charge < -0.3 is 24.9 Å². The molecular formula is C24H25N7O8. The number of benzene rings is 1. The Hall–Kier alpha value is -4.88. The molecule has 1 unspecified atom stereocenters. The standard InChI is InChI=1S/C24H25N7O8/c1-12-9-31(24(37)28-20(12)32)10-14-7-17(29-30-25)19(39-14)11-38-23(36)21(33)27-18(22(34)35)6-13-8-26-16-5-3-2-4-15(13)16/h2-5,8-9,14,17-19,26H,6-7,10-11H2,1H3,(H,27,33)(H,34,35)(H,28,32,37)/t14-,17?,18+,19-/m1/s1. The number of aromatic amines is 2. The first-order chi connectivity index (χ1) is 18.7. The van der Waals surface area contributed by atoms with E-state index in [0.717, 1.165) is 10.9 Å². The van der Waals surface area contributed by atoms with Crippen LogP contribution in [0.4, 0.5) is 0 Å². The molecule has 1 aliphatic rings. The van der Waals surface area contributed by atoms with Crippen molar-refractivity contribution in [1.29, 1.82) is 0 Å². The lowest BCUT2D eigenvalue weighted by molar-refractivity contribution is -0.159. The molecule has 15 nitrogen and oxygen atoms in total. The van der Waals surface area contributed by atoms with E-state index in [2.05, 4.69) is 25.3 Å². The van der Waals surface area contributed by atoms with E-state index in [1.54, 1.807) is 18.3 Å². The zero-order chi connectivity index (χ0) is 28.1. The van der Waals surface area contributed by atoms with Crippen molar-refractivity contribution in [3.8, 4) is 0 Å². The summed E-state index contributed by atoms with van der Waals surface area (Å²) >= 11 is 0. The predicted octanol–water partition coefficient (Wildman–Crippen LogP) is 0.518. The fourth-order valence-corrected chi connectivity index (χ4v) is 4.40. The van der Waals surface area contributed by atoms with Gasteiger partial charge in [-0.3, -0.25) is 19.1 Å². The smallest absolute Gasteiger partial charge is 0.396 e. The maximum Gasteiger partial charge on any atom is 0.396 e. The lowest BCUT2D eigenvalue weighted by Crippen LogP contribution is -2.46. The number of hydrogen-bond donors (Lipinski definition) is 4. The second-order valence-electron chi connectivity index (χ2n) is 9.05. The van der Waals surface area contributed by atoms with Crippen molar-refractivity contribution < 1.29 is 29.0 Å². The molecule has 1 aliphatic heterocycles. The van der Waals surface area contributed by atoms with Gasteiger partial charge in [0, 0.05) is 40.2 Å². The average molecular weight is 540 g/mol. The van der Waals surface area contributed by atoms with Gasteiger partial charge in [-0.2, -0.15) is 0 Å². The van der Waals surface area contributed by atoms with Crippen LogP contribution in [0.25, 0.3) is 21.3 Å². The average Bonchev–Trinajstić information content (AvgIpc) is 3.49. The third-order valence-electron chi connectivity index (χ3n) is 6.36. The van der Waals surface area contributed by atoms with Crippen molar-refractivity contribution in [2.24, 2.45) is 5.11 Å². The summed E-state index contributed by atoms with van der Waals surface area (Å²) in [4.78, 5) is 68.2. The van der Waals surface area contributed by atoms with E-state index >= 15 is 0 Å². The van der Waals surface area contributed by atoms with E-state index in [-0.39, 0.29) is 19.4 Å². The molecule has 0 aliphatic carbocycles. The number of carboxylic acids is 1. The normalized spacial score (nSPS) is 19.3. The number of fused-ring (bicyclic) bond motifs is 1. The number of azide groups is 1. The largest absolute Gasteiger partial charge is 0.480 e. The lowest BCUT2D eigenvalue weighted by atomic mass is 10.1. The fourth-order valence-electron chi connectivity index (χ4n) is 4.40. The summed E-state index contributed by atoms with van der Waals surface area (Å²) in [6.07, 6.45) is 1.60. The van der Waals surface area contributed by atoms with E-state index in [4.69, 9.17) is 15.0 Å². The molecule has 4 atom stereocenters. The number of carbonyl (C=O) groups is 3. The van der Waals surface area contributed by atoms with Gasteiger partial charge >= 0.3 is 23.5 Å². The molecular weight excluding hydrogens is 514 g/mol. The Morgan fingerprint density at radius 2 is 2.10 bits per heavy atom. The Bertz CT molecular complexity index is 1570. The van der Waals surface area contributed by atoms with Crippen LogP contribution >= 0.6 is 0 Å². The predicted molar refractivity (Wildman–Crippen MR) is 135 cm³/mol. The number of aliphatic carboxylic acids is 1. The molecule has 15 heteroatoms. The molecule has 1 fully saturated rings. The number of nitrogens with zero attached hydrogens (tertiary/aromatic N) is 4. The van der Waals surface area contributed by atoms with Crippen LogP contribution in [-0.2, 0) is 36.8 Å². The van der Waals surface area contributed by atoms with Crippen LogP contribution in [0.15, 0.2) is 51.4 Å². The third-order valence-corrected chi connectivity index (χ3v) is 6.36. The van der Waals surface area contributed by atoms with E-state index in [9.17, 15) is 29.1 Å². The minimum atomic E-state index is -1.40. The molecule has 1 saturated heterocycles. The third kappa shape index (κ3) is 6.34. The van der Waals surface area contributed by atoms with Crippen molar-refractivity contribution in [2.75, 3.05) is 6.61 Å². The Balaban J connectivity index is 1.35. The van der Waals surface area contributed by atoms with Crippen molar-refractivity contribution in [1.82, 2.24) is 19.9 Å². The molecule has 3 aromatic rings. The van der Waals surface area contributed by atoms with Crippen LogP contribution in [-0.4, -0.2) is 68.4 Å². The molecule has 0 radical (unpaired) electrons. The molecule has 4 N–H and O–H groups in total. The van der Waals surface area contributed by atoms with Crippen LogP contribution in [0.5, 0.6) is 0 Å². The van der Waals surface area contributed by atoms with Crippen LogP contribution < -0.4 is 16.6 Å². The first-order valence-electron chi connectivity index (χ1n) is 11.9. The molecule has 0 saturated carbocycles. The number of aryl methyl sites for hydroxylation is 1. The molecule has 39 heavy (non-hydrogen) atoms. The number of amides is 1. The first kappa shape index (κ1) is 27.2. The van der Waals surface area contributed by atoms with Crippen LogP contribution in [0.3, 0.4) is 0 Å². The Kier molecular flexibility index (Phi) is 8.13. The summed E-state index contributed by atoms with van der Waals surface area (Å²) in [5, 5.41) is 16.2. The first-order valence-corrected chi connectivity index (χ1v) is 11.9. The minimum Gasteiger partial charge on any atom is -0.480 e. The maximum atomic E-state index is 12.4. The topological polar surface area (TPSA) is 221 Å². The Labute approximate surface area is 219 Å². The number of nitrogens with one attached hydrogen (secondary N) is 3. The molecule has 0 bridgehead atoms. The van der Waals surface area contributed by atoms with Gasteiger partial charge in [-0.1, -0.05) is 23.3 Å². The van der Waals surface area contributed by atoms with Gasteiger partial charge in [0.1, 0.15) is 18.8 Å². The van der Waals surface area contributed by atoms with Gasteiger partial charge in [-0.05, 0) is 30.5 Å². The highest BCUT2D eigenvalue weighted by Gasteiger charge is 2.36. The van der Waals surface area contributed by atoms with E-state index in [1.165, 1.54) is 17.7 Å². The number of esters is 1. The summed E-state index contributed by atoms with van der Waals surface area (Å²) in [5.41, 5.74) is 9.51. The lowest BCUT2D eigenvalue weighted by Gasteiger charge is -2.17. The van der Waals surface area contributed by atoms with E-state index in [0.29, 0.717) is 11.1 Å². The summed E-state index contributed by atoms with van der Waals surface area (Å²) in [7, 11) is 0. The number of carbonyl (C=O) groups excluding carboxylic acids is 2. The maximum absolute atomic E-state index is 12.4. The number of aromatic nitrogens is 3. The number of hydrogen-bond acceptors (Lipinski definition) is 8. The molecule has 204 valence electrons. The highest BCUT2D eigenvalue weighted by molar-refractivity contribution is 6.32. The van der Waals surface area contributed by atoms with Gasteiger partial charge in [-0.25, -0.2) is 14.4 Å². The molecule has 4 rings (SSSR count). The number of rotatable bonds is 9. The van der Waals surface area contributed by atoms with Crippen molar-refractivity contribution in [2.45, 2.75) is 50.6 Å². The van der Waals surface area contributed by atoms with Crippen molar-refractivity contribution in [3.63, 3.8) is 0 Å². The van der Waals surface area contributed by atoms with Crippen LogP contribution in [0.1, 0.15) is 17.5 Å². The number of carboxylic acid groups (broad SMARTS) is 1. The van der Waals surface area contributed by atoms with E-state index < -0.39 is 60.0 Å². The fraction of sp³-hybridized carbons (Fsp3) is 0.375. The zero-order valence-corrected chi connectivity index (χ0v) is 20.7.